The van der Waals surface area contributed by atoms with Crippen LogP contribution in [-0.2, 0) is 45.0 Å². The summed E-state index contributed by atoms with van der Waals surface area (Å²) in [6, 6.07) is 20.3. The van der Waals surface area contributed by atoms with Gasteiger partial charge >= 0.3 is 12.2 Å². The summed E-state index contributed by atoms with van der Waals surface area (Å²) >= 11 is 3.50. The minimum absolute atomic E-state index is 0.123. The lowest BCUT2D eigenvalue weighted by Crippen LogP contribution is -2.37. The number of hydrogen-bond acceptors (Lipinski definition) is 12. The molecule has 2 N–H and O–H groups in total. The van der Waals surface area contributed by atoms with Crippen molar-refractivity contribution in [3.05, 3.63) is 118 Å². The number of hydrogen-bond donors (Lipinski definition) is 2. The Hall–Kier alpha value is -6.82. The summed E-state index contributed by atoms with van der Waals surface area (Å²) in [5.74, 6) is 3.77. The van der Waals surface area contributed by atoms with Crippen LogP contribution in [0.3, 0.4) is 0 Å². The molecule has 4 aliphatic heterocycles. The molecule has 4 aromatic carbocycles. The number of carbonyl (C=O) groups excluding carboxylic acids is 4. The number of H-pyrrole nitrogens is 2. The van der Waals surface area contributed by atoms with E-state index in [4.69, 9.17) is 38.4 Å². The fourth-order valence-electron chi connectivity index (χ4n) is 12.0. The number of amides is 2. The van der Waals surface area contributed by atoms with Crippen molar-refractivity contribution in [3.8, 4) is 56.3 Å². The number of halogens is 1. The quantitative estimate of drug-likeness (QED) is 0.138. The second-order valence-electron chi connectivity index (χ2n) is 23.8. The van der Waals surface area contributed by atoms with Gasteiger partial charge in [0, 0.05) is 67.8 Å². The maximum Gasteiger partial charge on any atom is 0.410 e. The zero-order valence-electron chi connectivity index (χ0n) is 46.3. The molecule has 2 amide bonds. The lowest BCUT2D eigenvalue weighted by atomic mass is 9.85. The number of carbonyl (C=O) groups is 4. The second-order valence-corrected chi connectivity index (χ2v) is 24.9. The van der Waals surface area contributed by atoms with Crippen LogP contribution in [0.25, 0.3) is 44.8 Å². The third-order valence-electron chi connectivity index (χ3n) is 15.6. The Balaban J connectivity index is 0.000000167. The molecule has 0 bridgehead atoms. The van der Waals surface area contributed by atoms with Gasteiger partial charge in [-0.15, -0.1) is 0 Å². The summed E-state index contributed by atoms with van der Waals surface area (Å²) < 4.78 is 34.4. The third kappa shape index (κ3) is 11.2. The molecule has 2 aliphatic carbocycles. The summed E-state index contributed by atoms with van der Waals surface area (Å²) in [5, 5.41) is 0. The van der Waals surface area contributed by atoms with E-state index >= 15 is 0 Å². The van der Waals surface area contributed by atoms with Crippen LogP contribution in [0.5, 0.6) is 11.5 Å². The number of methoxy groups -OCH3 is 2. The van der Waals surface area contributed by atoms with Gasteiger partial charge in [-0.2, -0.15) is 0 Å². The largest absolute Gasteiger partial charge is 0.488 e. The van der Waals surface area contributed by atoms with Crippen LogP contribution in [-0.4, -0.2) is 110 Å². The van der Waals surface area contributed by atoms with E-state index < -0.39 is 11.2 Å². The predicted molar refractivity (Wildman–Crippen MR) is 302 cm³/mol. The highest BCUT2D eigenvalue weighted by Gasteiger charge is 2.42. The molecule has 16 nitrogen and oxygen atoms in total. The number of likely N-dealkylation sites (tertiary alicyclic amines) is 2. The van der Waals surface area contributed by atoms with Crippen molar-refractivity contribution in [2.24, 2.45) is 11.8 Å². The number of aromatic amines is 2. The van der Waals surface area contributed by atoms with Gasteiger partial charge in [0.1, 0.15) is 47.6 Å². The van der Waals surface area contributed by atoms with Gasteiger partial charge in [-0.05, 0) is 161 Å². The molecule has 2 fully saturated rings. The molecule has 6 aliphatic rings. The minimum Gasteiger partial charge on any atom is -0.488 e. The van der Waals surface area contributed by atoms with E-state index in [2.05, 4.69) is 74.4 Å². The standard InChI is InChI=1S/C31H34BrN3O5.C31H35N3O5/c1-31(2,3)40-30(37)35-14-17(15-38-4)9-26(35)29-33-13-25(34-29)19-5-7-21-20(10-19)16-39-27-12-22-18(11-23(21)27)6-8-24(32)28(22)36;1-31(2,3)39-30(36)34-15-18(16-37-4)10-26(34)29-32-14-25(33-29)20-8-9-22-21(11-20)17-38-28-13-23-19(12-24(22)28)6-5-7-27(23)35/h5,7,10-13,17,24,26H,6,8-9,14-16H2,1-4H3,(H,33,34);8-9,11-14,18,26H,5-7,10,15-17H2,1-4H3,(H,32,33)/t17-,24?,26-;18-,26-/m00/s1. The number of rotatable bonds is 8. The molecule has 414 valence electrons. The molecule has 0 saturated carbocycles. The third-order valence-corrected chi connectivity index (χ3v) is 16.5. The molecule has 5 atom stereocenters. The lowest BCUT2D eigenvalue weighted by molar-refractivity contribution is 0.0198. The van der Waals surface area contributed by atoms with Gasteiger partial charge in [-0.3, -0.25) is 19.4 Å². The minimum atomic E-state index is -0.579. The zero-order chi connectivity index (χ0) is 55.5. The SMILES string of the molecule is COC[C@H]1C[C@@H](c2ncc(-c3ccc4c(c3)COc3cc5c(cc3-4)CCC(Br)C5=O)[nH]2)N(C(=O)OC(C)(C)C)C1.COC[C@H]1C[C@@H](c2ncc(-c3ccc4c(c3)COc3cc5c(cc3-4)CCCC5=O)[nH]2)N(C(=O)OC(C)(C)C)C1. The molecular formula is C62H69BrN6O10. The van der Waals surface area contributed by atoms with E-state index in [0.717, 1.165) is 140 Å². The first-order valence-electron chi connectivity index (χ1n) is 27.5. The Labute approximate surface area is 469 Å². The van der Waals surface area contributed by atoms with Crippen molar-refractivity contribution < 1.29 is 47.6 Å². The topological polar surface area (TPSA) is 188 Å². The Morgan fingerprint density at radius 3 is 1.58 bits per heavy atom. The number of aromatic nitrogens is 4. The van der Waals surface area contributed by atoms with E-state index in [-0.39, 0.29) is 52.5 Å². The Bertz CT molecular complexity index is 3350. The zero-order valence-corrected chi connectivity index (χ0v) is 47.8. The predicted octanol–water partition coefficient (Wildman–Crippen LogP) is 12.6. The van der Waals surface area contributed by atoms with Crippen LogP contribution in [0, 0.1) is 11.8 Å². The van der Waals surface area contributed by atoms with Crippen LogP contribution in [0.15, 0.2) is 73.1 Å². The van der Waals surface area contributed by atoms with Gasteiger partial charge in [0.25, 0.3) is 0 Å². The van der Waals surface area contributed by atoms with Crippen molar-refractivity contribution in [2.75, 3.05) is 40.5 Å². The molecule has 0 radical (unpaired) electrons. The van der Waals surface area contributed by atoms with E-state index in [9.17, 15) is 19.2 Å². The molecule has 2 aromatic heterocycles. The van der Waals surface area contributed by atoms with Crippen LogP contribution in [0.1, 0.15) is 140 Å². The number of alkyl halides is 1. The van der Waals surface area contributed by atoms with Gasteiger partial charge in [-0.25, -0.2) is 19.6 Å². The number of aryl methyl sites for hydroxylation is 2. The maximum absolute atomic E-state index is 13.0. The second kappa shape index (κ2) is 21.7. The molecule has 12 rings (SSSR count). The summed E-state index contributed by atoms with van der Waals surface area (Å²) in [4.78, 5) is 70.9. The molecule has 17 heteroatoms. The monoisotopic (exact) mass is 1140 g/mol. The van der Waals surface area contributed by atoms with E-state index in [1.54, 1.807) is 24.0 Å². The first-order chi connectivity index (χ1) is 37.8. The number of nitrogens with zero attached hydrogens (tertiary/aromatic N) is 4. The van der Waals surface area contributed by atoms with E-state index in [1.165, 1.54) is 0 Å². The molecule has 79 heavy (non-hydrogen) atoms. The average Bonchev–Trinajstić information content (AvgIpc) is 4.40. The highest BCUT2D eigenvalue weighted by atomic mass is 79.9. The fraction of sp³-hybridized carbons (Fsp3) is 0.452. The van der Waals surface area contributed by atoms with Crippen molar-refractivity contribution in [3.63, 3.8) is 0 Å². The summed E-state index contributed by atoms with van der Waals surface area (Å²) in [5.41, 5.74) is 12.9. The van der Waals surface area contributed by atoms with Gasteiger partial charge in [-0.1, -0.05) is 40.2 Å². The number of imidazole rings is 2. The number of Topliss-reactive ketones (excluding diaryl/α,β-unsaturated/α-hetero) is 2. The first kappa shape index (κ1) is 54.2. The number of fused-ring (bicyclic) bond motifs is 8. The van der Waals surface area contributed by atoms with Gasteiger partial charge < -0.3 is 38.4 Å². The van der Waals surface area contributed by atoms with Crippen molar-refractivity contribution >= 4 is 39.7 Å². The average molecular weight is 1140 g/mol. The number of ether oxygens (including phenoxy) is 6. The highest BCUT2D eigenvalue weighted by Crippen LogP contribution is 2.45. The Morgan fingerprint density at radius 2 is 1.10 bits per heavy atom. The van der Waals surface area contributed by atoms with Crippen molar-refractivity contribution in [1.29, 1.82) is 0 Å². The normalized spacial score (nSPS) is 21.1. The smallest absolute Gasteiger partial charge is 0.410 e. The number of nitrogens with one attached hydrogen (secondary N) is 2. The summed E-state index contributed by atoms with van der Waals surface area (Å²) in [6.07, 6.45) is 8.58. The molecule has 0 spiro atoms. The van der Waals surface area contributed by atoms with E-state index in [0.29, 0.717) is 45.9 Å². The Kier molecular flexibility index (Phi) is 14.9. The molecule has 2 saturated heterocycles. The Morgan fingerprint density at radius 1 is 0.620 bits per heavy atom. The summed E-state index contributed by atoms with van der Waals surface area (Å²) in [7, 11) is 3.36. The molecule has 1 unspecified atom stereocenters. The van der Waals surface area contributed by atoms with Crippen molar-refractivity contribution in [2.45, 2.75) is 128 Å². The number of benzene rings is 4. The van der Waals surface area contributed by atoms with Gasteiger partial charge in [0.2, 0.25) is 0 Å². The van der Waals surface area contributed by atoms with Gasteiger partial charge in [0.15, 0.2) is 11.6 Å². The number of ketones is 2. The molecule has 6 heterocycles. The van der Waals surface area contributed by atoms with Crippen LogP contribution >= 0.6 is 15.9 Å². The van der Waals surface area contributed by atoms with Gasteiger partial charge in [0.05, 0.1) is 53.9 Å². The van der Waals surface area contributed by atoms with Crippen LogP contribution in [0.2, 0.25) is 0 Å². The summed E-state index contributed by atoms with van der Waals surface area (Å²) in [6.45, 7) is 14.4. The molecule has 6 aromatic rings. The maximum atomic E-state index is 13.0. The lowest BCUT2D eigenvalue weighted by Gasteiger charge is -2.27. The van der Waals surface area contributed by atoms with Crippen LogP contribution in [0.4, 0.5) is 9.59 Å². The van der Waals surface area contributed by atoms with Crippen LogP contribution < -0.4 is 9.47 Å². The van der Waals surface area contributed by atoms with E-state index in [1.807, 2.05) is 66.1 Å². The fourth-order valence-corrected chi connectivity index (χ4v) is 12.5. The highest BCUT2D eigenvalue weighted by molar-refractivity contribution is 9.10. The van der Waals surface area contributed by atoms with Crippen molar-refractivity contribution in [1.82, 2.24) is 29.7 Å². The molecular weight excluding hydrogens is 1070 g/mol. The first-order valence-corrected chi connectivity index (χ1v) is 28.4.